The fourth-order valence-corrected chi connectivity index (χ4v) is 9.65. The molecule has 5 aromatic carbocycles. The highest BCUT2D eigenvalue weighted by molar-refractivity contribution is 7.86. The quantitative estimate of drug-likeness (QED) is 0.163. The monoisotopic (exact) mass is 570 g/mol. The Morgan fingerprint density at radius 3 is 2.19 bits per heavy atom. The molecule has 0 saturated heterocycles. The Labute approximate surface area is 246 Å². The minimum atomic E-state index is -3.53. The van der Waals surface area contributed by atoms with Crippen molar-refractivity contribution in [3.63, 3.8) is 0 Å². The van der Waals surface area contributed by atoms with Crippen LogP contribution in [0.2, 0.25) is 0 Å². The largest absolute Gasteiger partial charge is 0.309 e. The third-order valence-electron chi connectivity index (χ3n) is 8.52. The van der Waals surface area contributed by atoms with E-state index in [1.165, 1.54) is 0 Å². The van der Waals surface area contributed by atoms with E-state index >= 15 is 4.57 Å². The highest BCUT2D eigenvalue weighted by Crippen LogP contribution is 2.48. The van der Waals surface area contributed by atoms with Gasteiger partial charge in [0.15, 0.2) is 7.14 Å². The summed E-state index contributed by atoms with van der Waals surface area (Å²) < 4.78 is 18.6. The summed E-state index contributed by atoms with van der Waals surface area (Å²) in [4.78, 5) is 14.4. The van der Waals surface area contributed by atoms with Gasteiger partial charge in [0.05, 0.1) is 27.6 Å². The molecule has 9 rings (SSSR count). The second-order valence-corrected chi connectivity index (χ2v) is 13.5. The normalized spacial score (nSPS) is 13.4. The summed E-state index contributed by atoms with van der Waals surface area (Å²) >= 11 is 0. The molecule has 1 atom stereocenters. The average molecular weight is 571 g/mol. The molecule has 6 heteroatoms. The molecule has 1 unspecified atom stereocenters. The van der Waals surface area contributed by atoms with E-state index in [0.717, 1.165) is 76.1 Å². The molecule has 4 aromatic heterocycles. The number of fused-ring (bicyclic) bond motifs is 10. The van der Waals surface area contributed by atoms with Gasteiger partial charge >= 0.3 is 0 Å². The third kappa shape index (κ3) is 3.40. The summed E-state index contributed by atoms with van der Waals surface area (Å²) in [5, 5.41) is 7.10. The van der Waals surface area contributed by atoms with Crippen LogP contribution < -0.4 is 15.9 Å². The molecule has 5 nitrogen and oxygen atoms in total. The predicted octanol–water partition coefficient (Wildman–Crippen LogP) is 7.53. The van der Waals surface area contributed by atoms with Crippen LogP contribution in [0, 0.1) is 0 Å². The number of benzene rings is 5. The molecule has 0 aliphatic heterocycles. The second-order valence-electron chi connectivity index (χ2n) is 10.8. The van der Waals surface area contributed by atoms with Gasteiger partial charge in [0, 0.05) is 49.9 Å². The highest BCUT2D eigenvalue weighted by Gasteiger charge is 2.35. The number of para-hydroxylation sites is 4. The van der Waals surface area contributed by atoms with Crippen LogP contribution in [-0.2, 0) is 4.57 Å². The van der Waals surface area contributed by atoms with Crippen LogP contribution >= 0.6 is 7.14 Å². The first-order valence-electron chi connectivity index (χ1n) is 14.2. The van der Waals surface area contributed by atoms with E-state index in [-0.39, 0.29) is 0 Å². The Kier molecular flexibility index (Phi) is 5.11. The number of hydrogen-bond donors (Lipinski definition) is 0. The summed E-state index contributed by atoms with van der Waals surface area (Å²) in [7, 11) is -3.53. The van der Waals surface area contributed by atoms with E-state index in [1.807, 2.05) is 91.0 Å². The Hall–Kier alpha value is -5.38. The van der Waals surface area contributed by atoms with Crippen LogP contribution in [-0.4, -0.2) is 19.4 Å². The molecule has 0 aliphatic carbocycles. The second kappa shape index (κ2) is 9.06. The van der Waals surface area contributed by atoms with Crippen LogP contribution in [0.15, 0.2) is 140 Å². The molecule has 0 spiro atoms. The lowest BCUT2D eigenvalue weighted by atomic mass is 10.1. The first kappa shape index (κ1) is 24.2. The molecule has 0 fully saturated rings. The SMILES string of the molecule is O=P(c1ccc2cccnc2c1)(c1ccnc2ccccc12)c1cccc2c3ccccc3n3c4ccccc4nc3c12. The van der Waals surface area contributed by atoms with Gasteiger partial charge in [-0.3, -0.25) is 14.4 Å². The van der Waals surface area contributed by atoms with Crippen molar-refractivity contribution in [2.24, 2.45) is 0 Å². The van der Waals surface area contributed by atoms with Crippen molar-refractivity contribution in [3.8, 4) is 0 Å². The van der Waals surface area contributed by atoms with Crippen LogP contribution in [0.4, 0.5) is 0 Å². The molecule has 0 aliphatic rings. The maximum atomic E-state index is 16.4. The maximum Gasteiger partial charge on any atom is 0.172 e. The molecule has 43 heavy (non-hydrogen) atoms. The van der Waals surface area contributed by atoms with Crippen LogP contribution in [0.5, 0.6) is 0 Å². The lowest BCUT2D eigenvalue weighted by Crippen LogP contribution is -2.27. The number of imidazole rings is 1. The minimum absolute atomic E-state index is 0.727. The summed E-state index contributed by atoms with van der Waals surface area (Å²) in [5.74, 6) is 0. The van der Waals surface area contributed by atoms with Crippen molar-refractivity contribution in [2.45, 2.75) is 0 Å². The summed E-state index contributed by atoms with van der Waals surface area (Å²) in [5.41, 5.74) is 5.39. The number of nitrogens with zero attached hydrogens (tertiary/aromatic N) is 4. The standard InChI is InChI=1S/C37H23N4OP/c42-43(25-19-18-24-9-8-21-38-31(24)23-25,34-20-22-39-29-13-3-1-11-28(29)34)35-17-7-12-27-26-10-2-5-15-32(26)41-33-16-6-4-14-30(33)40-37(41)36(27)35/h1-23H. The van der Waals surface area contributed by atoms with Crippen LogP contribution in [0.1, 0.15) is 0 Å². The molecule has 202 valence electrons. The lowest BCUT2D eigenvalue weighted by molar-refractivity contribution is 0.593. The zero-order valence-corrected chi connectivity index (χ0v) is 23.8. The summed E-state index contributed by atoms with van der Waals surface area (Å²) in [6.07, 6.45) is 3.55. The smallest absolute Gasteiger partial charge is 0.172 e. The Balaban J connectivity index is 1.52. The molecular formula is C37H23N4OP. The molecule has 0 amide bonds. The molecular weight excluding hydrogens is 547 g/mol. The topological polar surface area (TPSA) is 60.2 Å². The van der Waals surface area contributed by atoms with Crippen LogP contribution in [0.3, 0.4) is 0 Å². The van der Waals surface area contributed by atoms with E-state index in [4.69, 9.17) is 4.98 Å². The number of pyridine rings is 3. The van der Waals surface area contributed by atoms with E-state index in [1.54, 1.807) is 12.4 Å². The molecule has 0 N–H and O–H groups in total. The molecule has 0 saturated carbocycles. The third-order valence-corrected chi connectivity index (χ3v) is 11.6. The molecule has 9 aromatic rings. The van der Waals surface area contributed by atoms with Crippen molar-refractivity contribution in [1.82, 2.24) is 19.4 Å². The van der Waals surface area contributed by atoms with E-state index in [0.29, 0.717) is 0 Å². The fraction of sp³-hybridized carbons (Fsp3) is 0. The van der Waals surface area contributed by atoms with Gasteiger partial charge < -0.3 is 4.57 Å². The van der Waals surface area contributed by atoms with E-state index in [2.05, 4.69) is 50.8 Å². The van der Waals surface area contributed by atoms with Gasteiger partial charge in [-0.25, -0.2) is 4.98 Å². The van der Waals surface area contributed by atoms with Gasteiger partial charge in [-0.1, -0.05) is 84.9 Å². The lowest BCUT2D eigenvalue weighted by Gasteiger charge is -2.24. The summed E-state index contributed by atoms with van der Waals surface area (Å²) in [6, 6.07) is 42.6. The summed E-state index contributed by atoms with van der Waals surface area (Å²) in [6.45, 7) is 0. The number of hydrogen-bond acceptors (Lipinski definition) is 4. The maximum absolute atomic E-state index is 16.4. The van der Waals surface area contributed by atoms with Crippen LogP contribution in [0.25, 0.3) is 60.2 Å². The van der Waals surface area contributed by atoms with Crippen molar-refractivity contribution in [2.75, 3.05) is 0 Å². The van der Waals surface area contributed by atoms with E-state index in [9.17, 15) is 0 Å². The first-order valence-corrected chi connectivity index (χ1v) is 15.9. The number of aromatic nitrogens is 4. The average Bonchev–Trinajstić information content (AvgIpc) is 3.47. The molecule has 4 heterocycles. The molecule has 0 radical (unpaired) electrons. The van der Waals surface area contributed by atoms with Gasteiger partial charge in [0.25, 0.3) is 0 Å². The van der Waals surface area contributed by atoms with Gasteiger partial charge in [-0.2, -0.15) is 0 Å². The first-order chi connectivity index (χ1) is 21.2. The minimum Gasteiger partial charge on any atom is -0.309 e. The molecule has 0 bridgehead atoms. The van der Waals surface area contributed by atoms with Crippen molar-refractivity contribution >= 4 is 83.2 Å². The Morgan fingerprint density at radius 1 is 0.535 bits per heavy atom. The fourth-order valence-electron chi connectivity index (χ4n) is 6.61. The van der Waals surface area contributed by atoms with Gasteiger partial charge in [-0.15, -0.1) is 0 Å². The van der Waals surface area contributed by atoms with Gasteiger partial charge in [0.2, 0.25) is 0 Å². The van der Waals surface area contributed by atoms with Gasteiger partial charge in [-0.05, 0) is 47.9 Å². The van der Waals surface area contributed by atoms with Crippen molar-refractivity contribution < 1.29 is 4.57 Å². The predicted molar refractivity (Wildman–Crippen MR) is 178 cm³/mol. The van der Waals surface area contributed by atoms with Gasteiger partial charge in [0.1, 0.15) is 5.65 Å². The van der Waals surface area contributed by atoms with E-state index < -0.39 is 7.14 Å². The zero-order valence-electron chi connectivity index (χ0n) is 22.9. The zero-order chi connectivity index (χ0) is 28.5. The van der Waals surface area contributed by atoms with Crippen molar-refractivity contribution in [3.05, 3.63) is 140 Å². The van der Waals surface area contributed by atoms with Crippen molar-refractivity contribution in [1.29, 1.82) is 0 Å². The number of rotatable bonds is 3. The Morgan fingerprint density at radius 2 is 1.28 bits per heavy atom. The Bertz CT molecular complexity index is 2620. The highest BCUT2D eigenvalue weighted by atomic mass is 31.2.